The van der Waals surface area contributed by atoms with Crippen LogP contribution in [0.5, 0.6) is 11.5 Å². The Morgan fingerprint density at radius 1 is 1.02 bits per heavy atom. The van der Waals surface area contributed by atoms with Crippen molar-refractivity contribution in [3.8, 4) is 11.5 Å². The molecule has 12 heteroatoms. The Morgan fingerprint density at radius 3 is 2.36 bits per heavy atom. The quantitative estimate of drug-likeness (QED) is 0.177. The highest BCUT2D eigenvalue weighted by molar-refractivity contribution is 7.07. The lowest BCUT2D eigenvalue weighted by Crippen LogP contribution is -2.39. The normalized spacial score (nSPS) is 14.8. The second-order valence-corrected chi connectivity index (χ2v) is 10.2. The van der Waals surface area contributed by atoms with Gasteiger partial charge in [-0.25, -0.2) is 18.6 Å². The Bertz CT molecular complexity index is 1890. The highest BCUT2D eigenvalue weighted by Crippen LogP contribution is 2.31. The first-order valence-electron chi connectivity index (χ1n) is 12.4. The first kappa shape index (κ1) is 28.8. The van der Waals surface area contributed by atoms with Gasteiger partial charge in [0.25, 0.3) is 5.56 Å². The van der Waals surface area contributed by atoms with E-state index in [9.17, 15) is 27.2 Å². The van der Waals surface area contributed by atoms with Crippen LogP contribution in [-0.2, 0) is 16.1 Å². The molecule has 0 amide bonds. The molecule has 3 aromatic carbocycles. The molecule has 0 spiro atoms. The molecule has 42 heavy (non-hydrogen) atoms. The van der Waals surface area contributed by atoms with Gasteiger partial charge in [-0.15, -0.1) is 0 Å². The summed E-state index contributed by atoms with van der Waals surface area (Å²) in [4.78, 5) is 31.4. The average molecular weight is 599 g/mol. The van der Waals surface area contributed by atoms with Gasteiger partial charge in [0, 0.05) is 11.6 Å². The SMILES string of the molecule is COC(=O)C1=C(C)N=c2s/c(=C/c3ccc(OC)c(COc4c(F)c(F)cc(F)c4F)c3)c(=O)n2C1c1ccccc1. The van der Waals surface area contributed by atoms with Crippen molar-refractivity contribution in [1.82, 2.24) is 4.57 Å². The molecule has 1 atom stereocenters. The molecule has 0 bridgehead atoms. The third-order valence-corrected chi connectivity index (χ3v) is 7.57. The number of fused-ring (bicyclic) bond motifs is 1. The van der Waals surface area contributed by atoms with Gasteiger partial charge in [-0.2, -0.15) is 8.78 Å². The van der Waals surface area contributed by atoms with Crippen molar-refractivity contribution in [3.05, 3.63) is 126 Å². The fourth-order valence-electron chi connectivity index (χ4n) is 4.62. The van der Waals surface area contributed by atoms with Gasteiger partial charge in [0.05, 0.1) is 36.1 Å². The summed E-state index contributed by atoms with van der Waals surface area (Å²) in [6, 6.07) is 13.1. The number of benzene rings is 3. The van der Waals surface area contributed by atoms with Crippen LogP contribution in [-0.4, -0.2) is 24.8 Å². The number of halogens is 4. The predicted molar refractivity (Wildman–Crippen MR) is 146 cm³/mol. The minimum absolute atomic E-state index is 0.0899. The Labute approximate surface area is 240 Å². The third-order valence-electron chi connectivity index (χ3n) is 6.59. The second kappa shape index (κ2) is 11.6. The van der Waals surface area contributed by atoms with Crippen molar-refractivity contribution in [2.75, 3.05) is 14.2 Å². The molecule has 2 heterocycles. The van der Waals surface area contributed by atoms with Crippen LogP contribution in [0.3, 0.4) is 0 Å². The van der Waals surface area contributed by atoms with E-state index in [1.54, 1.807) is 55.5 Å². The molecule has 5 rings (SSSR count). The lowest BCUT2D eigenvalue weighted by molar-refractivity contribution is -0.136. The van der Waals surface area contributed by atoms with Crippen LogP contribution in [0, 0.1) is 23.3 Å². The number of nitrogens with zero attached hydrogens (tertiary/aromatic N) is 2. The molecular weight excluding hydrogens is 576 g/mol. The minimum Gasteiger partial charge on any atom is -0.496 e. The van der Waals surface area contributed by atoms with Crippen LogP contribution >= 0.6 is 11.3 Å². The summed E-state index contributed by atoms with van der Waals surface area (Å²) in [7, 11) is 2.62. The van der Waals surface area contributed by atoms with Gasteiger partial charge < -0.3 is 14.2 Å². The zero-order chi connectivity index (χ0) is 30.1. The maximum absolute atomic E-state index is 14.1. The number of thiazole rings is 1. The van der Waals surface area contributed by atoms with Gasteiger partial charge in [0.15, 0.2) is 22.2 Å². The first-order valence-corrected chi connectivity index (χ1v) is 13.2. The first-order chi connectivity index (χ1) is 20.1. The zero-order valence-electron chi connectivity index (χ0n) is 22.4. The smallest absolute Gasteiger partial charge is 0.338 e. The number of rotatable bonds is 7. The van der Waals surface area contributed by atoms with Crippen molar-refractivity contribution < 1.29 is 36.6 Å². The molecule has 0 saturated carbocycles. The second-order valence-electron chi connectivity index (χ2n) is 9.14. The fraction of sp³-hybridized carbons (Fsp3) is 0.167. The molecular formula is C30H22F4N2O5S. The lowest BCUT2D eigenvalue weighted by Gasteiger charge is -2.24. The summed E-state index contributed by atoms with van der Waals surface area (Å²) < 4.78 is 72.6. The van der Waals surface area contributed by atoms with Gasteiger partial charge in [-0.3, -0.25) is 9.36 Å². The van der Waals surface area contributed by atoms with Crippen molar-refractivity contribution in [2.24, 2.45) is 4.99 Å². The van der Waals surface area contributed by atoms with Crippen LogP contribution in [0.2, 0.25) is 0 Å². The van der Waals surface area contributed by atoms with Crippen LogP contribution in [0.4, 0.5) is 17.6 Å². The summed E-state index contributed by atoms with van der Waals surface area (Å²) in [6.07, 6.45) is 1.58. The average Bonchev–Trinajstić information content (AvgIpc) is 3.29. The van der Waals surface area contributed by atoms with Crippen LogP contribution in [0.15, 0.2) is 75.7 Å². The molecule has 0 saturated heterocycles. The maximum Gasteiger partial charge on any atom is 0.338 e. The fourth-order valence-corrected chi connectivity index (χ4v) is 5.67. The van der Waals surface area contributed by atoms with E-state index in [0.717, 1.165) is 11.3 Å². The largest absolute Gasteiger partial charge is 0.496 e. The molecule has 4 aromatic rings. The van der Waals surface area contributed by atoms with Crippen molar-refractivity contribution in [3.63, 3.8) is 0 Å². The lowest BCUT2D eigenvalue weighted by atomic mass is 9.96. The number of allylic oxidation sites excluding steroid dienone is 1. The Kier molecular flexibility index (Phi) is 7.99. The van der Waals surface area contributed by atoms with Crippen LogP contribution in [0.25, 0.3) is 6.08 Å². The molecule has 216 valence electrons. The summed E-state index contributed by atoms with van der Waals surface area (Å²) in [5.41, 5.74) is 1.71. The van der Waals surface area contributed by atoms with E-state index >= 15 is 0 Å². The number of hydrogen-bond acceptors (Lipinski definition) is 7. The third kappa shape index (κ3) is 5.20. The molecule has 0 aliphatic carbocycles. The standard InChI is InChI=1S/C30H22F4N2O5S/c1-15-23(29(38)40-3)26(17-7-5-4-6-8-17)36-28(37)22(42-30(36)35-15)12-16-9-10-21(39-2)18(11-16)14-41-27-24(33)19(31)13-20(32)25(27)34/h4-13,26H,14H2,1-3H3/b22-12+. The van der Waals surface area contributed by atoms with Gasteiger partial charge in [-0.05, 0) is 36.3 Å². The molecule has 0 N–H and O–H groups in total. The topological polar surface area (TPSA) is 79.1 Å². The van der Waals surface area contributed by atoms with Gasteiger partial charge >= 0.3 is 5.97 Å². The van der Waals surface area contributed by atoms with Crippen molar-refractivity contribution >= 4 is 23.4 Å². The Hall–Kier alpha value is -4.71. The minimum atomic E-state index is -1.67. The Balaban J connectivity index is 1.57. The summed E-state index contributed by atoms with van der Waals surface area (Å²) in [6.45, 7) is 1.17. The number of methoxy groups -OCH3 is 2. The van der Waals surface area contributed by atoms with E-state index in [-0.39, 0.29) is 27.5 Å². The van der Waals surface area contributed by atoms with E-state index in [0.29, 0.717) is 21.6 Å². The highest BCUT2D eigenvalue weighted by Gasteiger charge is 2.33. The van der Waals surface area contributed by atoms with Crippen molar-refractivity contribution in [2.45, 2.75) is 19.6 Å². The summed E-state index contributed by atoms with van der Waals surface area (Å²) in [5, 5.41) is 0. The maximum atomic E-state index is 14.1. The van der Waals surface area contributed by atoms with E-state index in [1.165, 1.54) is 18.8 Å². The number of carbonyl (C=O) groups excluding carboxylic acids is 1. The number of esters is 1. The van der Waals surface area contributed by atoms with Crippen LogP contribution < -0.4 is 24.4 Å². The summed E-state index contributed by atoms with van der Waals surface area (Å²) in [5.74, 6) is -8.07. The number of ether oxygens (including phenoxy) is 3. The molecule has 1 unspecified atom stereocenters. The molecule has 0 fully saturated rings. The number of carbonyl (C=O) groups is 1. The van der Waals surface area contributed by atoms with Gasteiger partial charge in [0.2, 0.25) is 11.6 Å². The molecule has 1 aliphatic rings. The van der Waals surface area contributed by atoms with Gasteiger partial charge in [-0.1, -0.05) is 47.7 Å². The monoisotopic (exact) mass is 598 g/mol. The highest BCUT2D eigenvalue weighted by atomic mass is 32.1. The van der Waals surface area contributed by atoms with Crippen LogP contribution in [0.1, 0.15) is 29.7 Å². The van der Waals surface area contributed by atoms with E-state index in [2.05, 4.69) is 4.99 Å². The predicted octanol–water partition coefficient (Wildman–Crippen LogP) is 4.55. The van der Waals surface area contributed by atoms with Crippen molar-refractivity contribution in [1.29, 1.82) is 0 Å². The zero-order valence-corrected chi connectivity index (χ0v) is 23.2. The van der Waals surface area contributed by atoms with E-state index in [1.807, 2.05) is 6.07 Å². The molecule has 1 aromatic heterocycles. The Morgan fingerprint density at radius 2 is 1.71 bits per heavy atom. The molecule has 0 radical (unpaired) electrons. The summed E-state index contributed by atoms with van der Waals surface area (Å²) >= 11 is 1.11. The van der Waals surface area contributed by atoms with E-state index in [4.69, 9.17) is 14.2 Å². The van der Waals surface area contributed by atoms with E-state index < -0.39 is 53.2 Å². The number of aromatic nitrogens is 1. The van der Waals surface area contributed by atoms with Gasteiger partial charge in [0.1, 0.15) is 12.4 Å². The molecule has 7 nitrogen and oxygen atoms in total. The molecule has 1 aliphatic heterocycles. The number of hydrogen-bond donors (Lipinski definition) is 0.